The predicted octanol–water partition coefficient (Wildman–Crippen LogP) is 3.40. The van der Waals surface area contributed by atoms with Gasteiger partial charge in [0.15, 0.2) is 0 Å². The molecule has 1 fully saturated rings. The fourth-order valence-corrected chi connectivity index (χ4v) is 3.67. The molecule has 0 radical (unpaired) electrons. The number of nitrogens with zero attached hydrogens (tertiary/aromatic N) is 3. The fraction of sp³-hybridized carbons (Fsp3) is 0.304. The second-order valence-corrected chi connectivity index (χ2v) is 7.62. The number of nitrogens with one attached hydrogen (secondary N) is 1. The van der Waals surface area contributed by atoms with Gasteiger partial charge < -0.3 is 14.7 Å². The van der Waals surface area contributed by atoms with Crippen LogP contribution in [-0.2, 0) is 4.79 Å². The van der Waals surface area contributed by atoms with Gasteiger partial charge in [0, 0.05) is 30.1 Å². The number of piperidine rings is 1. The minimum absolute atomic E-state index is 0.0555. The Balaban J connectivity index is 1.31. The minimum Gasteiger partial charge on any atom is -0.341 e. The molecule has 1 atom stereocenters. The maximum atomic E-state index is 13.1. The van der Waals surface area contributed by atoms with E-state index in [9.17, 15) is 14.0 Å². The van der Waals surface area contributed by atoms with Crippen molar-refractivity contribution in [3.8, 4) is 11.4 Å². The largest absolute Gasteiger partial charge is 0.341 e. The molecule has 0 aliphatic carbocycles. The van der Waals surface area contributed by atoms with E-state index in [2.05, 4.69) is 15.5 Å². The van der Waals surface area contributed by atoms with Crippen LogP contribution >= 0.6 is 0 Å². The number of halogens is 1. The van der Waals surface area contributed by atoms with E-state index in [1.54, 1.807) is 48.2 Å². The SMILES string of the molecule is CC(NC(=O)c1ccccc1)C(=O)N1CCC(c2nc(-c3ccc(F)cc3)no2)CC1. The van der Waals surface area contributed by atoms with Crippen LogP contribution in [0.2, 0.25) is 0 Å². The van der Waals surface area contributed by atoms with Crippen LogP contribution in [0.3, 0.4) is 0 Å². The first-order valence-corrected chi connectivity index (χ1v) is 10.3. The van der Waals surface area contributed by atoms with Gasteiger partial charge in [-0.1, -0.05) is 23.4 Å². The molecular weight excluding hydrogens is 399 g/mol. The normalized spacial score (nSPS) is 15.5. The summed E-state index contributed by atoms with van der Waals surface area (Å²) in [5.41, 5.74) is 1.21. The standard InChI is InChI=1S/C23H23FN4O3/c1-15(25-21(29)17-5-3-2-4-6-17)23(30)28-13-11-18(12-14-28)22-26-20(27-31-22)16-7-9-19(24)10-8-16/h2-10,15,18H,11-14H2,1H3,(H,25,29). The molecule has 2 heterocycles. The van der Waals surface area contributed by atoms with E-state index in [4.69, 9.17) is 4.52 Å². The fourth-order valence-electron chi connectivity index (χ4n) is 3.67. The van der Waals surface area contributed by atoms with Gasteiger partial charge in [-0.15, -0.1) is 0 Å². The van der Waals surface area contributed by atoms with Crippen LogP contribution in [0.4, 0.5) is 4.39 Å². The highest BCUT2D eigenvalue weighted by Crippen LogP contribution is 2.28. The molecule has 0 saturated carbocycles. The second-order valence-electron chi connectivity index (χ2n) is 7.62. The molecule has 1 unspecified atom stereocenters. The first-order chi connectivity index (χ1) is 15.0. The summed E-state index contributed by atoms with van der Waals surface area (Å²) in [6, 6.07) is 14.1. The van der Waals surface area contributed by atoms with Crippen LogP contribution in [0, 0.1) is 5.82 Å². The quantitative estimate of drug-likeness (QED) is 0.681. The summed E-state index contributed by atoms with van der Waals surface area (Å²) in [6.07, 6.45) is 1.38. The molecule has 31 heavy (non-hydrogen) atoms. The molecule has 4 rings (SSSR count). The maximum Gasteiger partial charge on any atom is 0.251 e. The van der Waals surface area contributed by atoms with Crippen molar-refractivity contribution in [3.05, 3.63) is 71.9 Å². The number of hydrogen-bond donors (Lipinski definition) is 1. The van der Waals surface area contributed by atoms with Crippen LogP contribution in [0.1, 0.15) is 41.9 Å². The van der Waals surface area contributed by atoms with E-state index in [0.717, 1.165) is 0 Å². The van der Waals surface area contributed by atoms with Crippen LogP contribution < -0.4 is 5.32 Å². The van der Waals surface area contributed by atoms with E-state index in [1.165, 1.54) is 12.1 Å². The van der Waals surface area contributed by atoms with Crippen LogP contribution in [-0.4, -0.2) is 46.0 Å². The first-order valence-electron chi connectivity index (χ1n) is 10.3. The minimum atomic E-state index is -0.613. The summed E-state index contributed by atoms with van der Waals surface area (Å²) in [5.74, 6) is 0.303. The summed E-state index contributed by atoms with van der Waals surface area (Å²) in [4.78, 5) is 31.2. The van der Waals surface area contributed by atoms with Crippen LogP contribution in [0.15, 0.2) is 59.1 Å². The molecular formula is C23H23FN4O3. The van der Waals surface area contributed by atoms with E-state index in [-0.39, 0.29) is 23.5 Å². The number of amides is 2. The van der Waals surface area contributed by atoms with Crippen LogP contribution in [0.5, 0.6) is 0 Å². The zero-order valence-corrected chi connectivity index (χ0v) is 17.1. The summed E-state index contributed by atoms with van der Waals surface area (Å²) in [6.45, 7) is 2.79. The second kappa shape index (κ2) is 9.07. The van der Waals surface area contributed by atoms with Crippen molar-refractivity contribution in [2.75, 3.05) is 13.1 Å². The molecule has 1 saturated heterocycles. The third kappa shape index (κ3) is 4.79. The van der Waals surface area contributed by atoms with Crippen molar-refractivity contribution in [2.24, 2.45) is 0 Å². The van der Waals surface area contributed by atoms with E-state index < -0.39 is 6.04 Å². The zero-order valence-electron chi connectivity index (χ0n) is 17.1. The van der Waals surface area contributed by atoms with E-state index in [0.29, 0.717) is 48.8 Å². The Morgan fingerprint density at radius 2 is 1.77 bits per heavy atom. The highest BCUT2D eigenvalue weighted by atomic mass is 19.1. The van der Waals surface area contributed by atoms with E-state index >= 15 is 0 Å². The van der Waals surface area contributed by atoms with Crippen molar-refractivity contribution in [3.63, 3.8) is 0 Å². The molecule has 1 aliphatic rings. The molecule has 7 nitrogen and oxygen atoms in total. The zero-order chi connectivity index (χ0) is 21.8. The van der Waals surface area contributed by atoms with Crippen molar-refractivity contribution in [1.82, 2.24) is 20.4 Å². The third-order valence-corrected chi connectivity index (χ3v) is 5.45. The molecule has 1 aliphatic heterocycles. The number of benzene rings is 2. The van der Waals surface area contributed by atoms with Crippen molar-refractivity contribution in [1.29, 1.82) is 0 Å². The topological polar surface area (TPSA) is 88.3 Å². The summed E-state index contributed by atoms with van der Waals surface area (Å²) >= 11 is 0. The third-order valence-electron chi connectivity index (χ3n) is 5.45. The number of hydrogen-bond acceptors (Lipinski definition) is 5. The smallest absolute Gasteiger partial charge is 0.251 e. The molecule has 2 aromatic carbocycles. The summed E-state index contributed by atoms with van der Waals surface area (Å²) in [5, 5.41) is 6.76. The maximum absolute atomic E-state index is 13.1. The van der Waals surface area contributed by atoms with Crippen molar-refractivity contribution in [2.45, 2.75) is 31.7 Å². The van der Waals surface area contributed by atoms with Crippen molar-refractivity contribution >= 4 is 11.8 Å². The molecule has 0 bridgehead atoms. The highest BCUT2D eigenvalue weighted by molar-refractivity contribution is 5.97. The Kier molecular flexibility index (Phi) is 6.06. The van der Waals surface area contributed by atoms with E-state index in [1.807, 2.05) is 6.07 Å². The first kappa shape index (κ1) is 20.7. The van der Waals surface area contributed by atoms with Crippen LogP contribution in [0.25, 0.3) is 11.4 Å². The lowest BCUT2D eigenvalue weighted by Crippen LogP contribution is -2.49. The van der Waals surface area contributed by atoms with Gasteiger partial charge in [-0.3, -0.25) is 9.59 Å². The number of rotatable bonds is 5. The van der Waals surface area contributed by atoms with Gasteiger partial charge >= 0.3 is 0 Å². The molecule has 1 N–H and O–H groups in total. The van der Waals surface area contributed by atoms with Gasteiger partial charge in [0.2, 0.25) is 17.6 Å². The molecule has 8 heteroatoms. The average molecular weight is 422 g/mol. The average Bonchev–Trinajstić information content (AvgIpc) is 3.30. The van der Waals surface area contributed by atoms with Gasteiger partial charge in [0.1, 0.15) is 11.9 Å². The number of carbonyl (C=O) groups excluding carboxylic acids is 2. The molecule has 160 valence electrons. The Morgan fingerprint density at radius 3 is 2.45 bits per heavy atom. The lowest BCUT2D eigenvalue weighted by Gasteiger charge is -2.32. The van der Waals surface area contributed by atoms with Gasteiger partial charge in [-0.05, 0) is 56.2 Å². The predicted molar refractivity (Wildman–Crippen MR) is 112 cm³/mol. The molecule has 2 amide bonds. The highest BCUT2D eigenvalue weighted by Gasteiger charge is 2.30. The lowest BCUT2D eigenvalue weighted by molar-refractivity contribution is -0.134. The van der Waals surface area contributed by atoms with Gasteiger partial charge in [0.25, 0.3) is 5.91 Å². The molecule has 3 aromatic rings. The Bertz CT molecular complexity index is 1040. The monoisotopic (exact) mass is 422 g/mol. The Labute approximate surface area is 179 Å². The molecule has 1 aromatic heterocycles. The van der Waals surface area contributed by atoms with Gasteiger partial charge in [-0.25, -0.2) is 4.39 Å². The number of carbonyl (C=O) groups is 2. The lowest BCUT2D eigenvalue weighted by atomic mass is 9.96. The van der Waals surface area contributed by atoms with Crippen molar-refractivity contribution < 1.29 is 18.5 Å². The van der Waals surface area contributed by atoms with Gasteiger partial charge in [0.05, 0.1) is 0 Å². The van der Waals surface area contributed by atoms with Gasteiger partial charge in [-0.2, -0.15) is 4.98 Å². The molecule has 0 spiro atoms. The number of aromatic nitrogens is 2. The Morgan fingerprint density at radius 1 is 1.10 bits per heavy atom. The number of likely N-dealkylation sites (tertiary alicyclic amines) is 1. The Hall–Kier alpha value is -3.55. The summed E-state index contributed by atoms with van der Waals surface area (Å²) in [7, 11) is 0. The summed E-state index contributed by atoms with van der Waals surface area (Å²) < 4.78 is 18.5.